The van der Waals surface area contributed by atoms with Crippen molar-refractivity contribution in [2.75, 3.05) is 108 Å². The summed E-state index contributed by atoms with van der Waals surface area (Å²) >= 11 is 0. The van der Waals surface area contributed by atoms with Crippen LogP contribution in [0.2, 0.25) is 0 Å². The molecule has 0 aliphatic rings. The number of ether oxygens (including phenoxy) is 9. The second-order valence-corrected chi connectivity index (χ2v) is 11.6. The van der Waals surface area contributed by atoms with Crippen LogP contribution in [0.4, 0.5) is 0 Å². The Morgan fingerprint density at radius 2 is 0.896 bits per heavy atom. The molecule has 0 saturated carbocycles. The number of carbonyl (C=O) groups is 3. The third-order valence-electron chi connectivity index (χ3n) is 7.61. The fraction of sp³-hybridized carbons (Fsp3) is 0.914. The second kappa shape index (κ2) is 35.0. The van der Waals surface area contributed by atoms with Crippen molar-refractivity contribution in [1.82, 2.24) is 4.90 Å². The third kappa shape index (κ3) is 30.2. The van der Waals surface area contributed by atoms with Crippen molar-refractivity contribution in [3.8, 4) is 0 Å². The van der Waals surface area contributed by atoms with E-state index in [1.165, 1.54) is 0 Å². The van der Waals surface area contributed by atoms with Crippen LogP contribution >= 0.6 is 0 Å². The first kappa shape index (κ1) is 46.1. The minimum atomic E-state index is -0.233. The second-order valence-electron chi connectivity index (χ2n) is 11.6. The van der Waals surface area contributed by atoms with Crippen LogP contribution < -0.4 is 0 Å². The average Bonchev–Trinajstić information content (AvgIpc) is 3.08. The third-order valence-corrected chi connectivity index (χ3v) is 7.61. The monoisotopic (exact) mass is 693 g/mol. The molecule has 284 valence electrons. The van der Waals surface area contributed by atoms with Gasteiger partial charge in [-0.25, -0.2) is 0 Å². The molecular weight excluding hydrogens is 626 g/mol. The Morgan fingerprint density at radius 1 is 0.479 bits per heavy atom. The fourth-order valence-electron chi connectivity index (χ4n) is 4.67. The molecule has 13 nitrogen and oxygen atoms in total. The van der Waals surface area contributed by atoms with E-state index >= 15 is 0 Å². The maximum Gasteiger partial charge on any atom is 0.307 e. The molecule has 0 amide bonds. The van der Waals surface area contributed by atoms with Crippen LogP contribution in [0.5, 0.6) is 0 Å². The molecular formula is C35H67NO12. The highest BCUT2D eigenvalue weighted by Crippen LogP contribution is 2.09. The average molecular weight is 694 g/mol. The van der Waals surface area contributed by atoms with Crippen LogP contribution in [-0.4, -0.2) is 143 Å². The summed E-state index contributed by atoms with van der Waals surface area (Å²) in [6, 6.07) is 0. The molecule has 0 aromatic heterocycles. The molecule has 2 unspecified atom stereocenters. The van der Waals surface area contributed by atoms with Gasteiger partial charge in [0.15, 0.2) is 0 Å². The molecule has 0 N–H and O–H groups in total. The standard InChI is InChI=1S/C35H67NO12/c1-6-46-35(39)19-20-36(21-25-44-23-15-11-7-9-13-17-33(37)47-29-31(42-4)27-40-2)22-26-45-24-16-12-8-10-14-18-34(38)48-30-32(43-5)28-41-3/h31-32H,6-30H2,1-5H3. The maximum atomic E-state index is 11.9. The van der Waals surface area contributed by atoms with Crippen LogP contribution in [0.25, 0.3) is 0 Å². The normalized spacial score (nSPS) is 12.6. The number of rotatable bonds is 36. The Kier molecular flexibility index (Phi) is 33.6. The molecule has 0 saturated heterocycles. The Labute approximate surface area is 289 Å². The molecule has 0 bridgehead atoms. The van der Waals surface area contributed by atoms with E-state index in [4.69, 9.17) is 42.6 Å². The maximum absolute atomic E-state index is 11.9. The summed E-state index contributed by atoms with van der Waals surface area (Å²) in [6.07, 6.45) is 10.4. The number of nitrogens with zero attached hydrogens (tertiary/aromatic N) is 1. The summed E-state index contributed by atoms with van der Waals surface area (Å²) in [6.45, 7) is 8.01. The van der Waals surface area contributed by atoms with Crippen molar-refractivity contribution in [3.63, 3.8) is 0 Å². The topological polar surface area (TPSA) is 138 Å². The van der Waals surface area contributed by atoms with Gasteiger partial charge in [-0.2, -0.15) is 0 Å². The highest BCUT2D eigenvalue weighted by molar-refractivity contribution is 5.70. The van der Waals surface area contributed by atoms with E-state index in [1.807, 2.05) is 6.92 Å². The van der Waals surface area contributed by atoms with Gasteiger partial charge >= 0.3 is 17.9 Å². The highest BCUT2D eigenvalue weighted by Gasteiger charge is 2.12. The number of hydrogen-bond donors (Lipinski definition) is 0. The van der Waals surface area contributed by atoms with Crippen molar-refractivity contribution in [1.29, 1.82) is 0 Å². The SMILES string of the molecule is CCOC(=O)CCN(CCOCCCCCCCC(=O)OCC(COC)OC)CCOCCCCCCCC(=O)OCC(COC)OC. The van der Waals surface area contributed by atoms with E-state index in [2.05, 4.69) is 4.90 Å². The van der Waals surface area contributed by atoms with Crippen molar-refractivity contribution < 1.29 is 57.0 Å². The lowest BCUT2D eigenvalue weighted by atomic mass is 10.1. The molecule has 0 aromatic rings. The van der Waals surface area contributed by atoms with E-state index < -0.39 is 0 Å². The van der Waals surface area contributed by atoms with Gasteiger partial charge in [0.2, 0.25) is 0 Å². The lowest BCUT2D eigenvalue weighted by Gasteiger charge is -2.22. The van der Waals surface area contributed by atoms with E-state index in [0.29, 0.717) is 72.1 Å². The molecule has 0 aliphatic heterocycles. The number of carbonyl (C=O) groups excluding carboxylic acids is 3. The molecule has 2 atom stereocenters. The largest absolute Gasteiger partial charge is 0.466 e. The number of esters is 3. The van der Waals surface area contributed by atoms with Gasteiger partial charge in [0, 0.05) is 74.1 Å². The summed E-state index contributed by atoms with van der Waals surface area (Å²) in [4.78, 5) is 37.8. The van der Waals surface area contributed by atoms with Gasteiger partial charge in [-0.3, -0.25) is 19.3 Å². The lowest BCUT2D eigenvalue weighted by Crippen LogP contribution is -2.33. The van der Waals surface area contributed by atoms with Gasteiger partial charge in [-0.15, -0.1) is 0 Å². The van der Waals surface area contributed by atoms with Gasteiger partial charge < -0.3 is 42.6 Å². The van der Waals surface area contributed by atoms with Crippen molar-refractivity contribution in [2.45, 2.75) is 103 Å². The van der Waals surface area contributed by atoms with E-state index in [0.717, 1.165) is 77.3 Å². The summed E-state index contributed by atoms with van der Waals surface area (Å²) in [5, 5.41) is 0. The van der Waals surface area contributed by atoms with Crippen LogP contribution in [0, 0.1) is 0 Å². The lowest BCUT2D eigenvalue weighted by molar-refractivity contribution is -0.149. The zero-order chi connectivity index (χ0) is 35.5. The fourth-order valence-corrected chi connectivity index (χ4v) is 4.67. The van der Waals surface area contributed by atoms with Crippen molar-refractivity contribution in [2.24, 2.45) is 0 Å². The minimum Gasteiger partial charge on any atom is -0.466 e. The Balaban J connectivity index is 3.94. The van der Waals surface area contributed by atoms with Gasteiger partial charge in [-0.05, 0) is 32.6 Å². The predicted octanol–water partition coefficient (Wildman–Crippen LogP) is 4.37. The van der Waals surface area contributed by atoms with Crippen LogP contribution in [-0.2, 0) is 57.0 Å². The Hall–Kier alpha value is -1.87. The summed E-state index contributed by atoms with van der Waals surface area (Å²) in [5.74, 6) is -0.593. The Bertz CT molecular complexity index is 707. The molecule has 48 heavy (non-hydrogen) atoms. The number of hydrogen-bond acceptors (Lipinski definition) is 13. The van der Waals surface area contributed by atoms with Crippen LogP contribution in [0.3, 0.4) is 0 Å². The minimum absolute atomic E-state index is 0.193. The van der Waals surface area contributed by atoms with Gasteiger partial charge in [-0.1, -0.05) is 38.5 Å². The first-order valence-corrected chi connectivity index (χ1v) is 17.8. The first-order chi connectivity index (χ1) is 23.4. The van der Waals surface area contributed by atoms with E-state index in [-0.39, 0.29) is 43.3 Å². The van der Waals surface area contributed by atoms with Gasteiger partial charge in [0.1, 0.15) is 25.4 Å². The van der Waals surface area contributed by atoms with Crippen molar-refractivity contribution >= 4 is 17.9 Å². The summed E-state index contributed by atoms with van der Waals surface area (Å²) in [5.41, 5.74) is 0. The van der Waals surface area contributed by atoms with Crippen molar-refractivity contribution in [3.05, 3.63) is 0 Å². The Morgan fingerprint density at radius 3 is 1.31 bits per heavy atom. The molecule has 13 heteroatoms. The molecule has 0 rings (SSSR count). The van der Waals surface area contributed by atoms with E-state index in [9.17, 15) is 14.4 Å². The van der Waals surface area contributed by atoms with Crippen LogP contribution in [0.15, 0.2) is 0 Å². The summed E-state index contributed by atoms with van der Waals surface area (Å²) < 4.78 is 47.7. The quantitative estimate of drug-likeness (QED) is 0.0522. The zero-order valence-electron chi connectivity index (χ0n) is 30.7. The molecule has 0 spiro atoms. The first-order valence-electron chi connectivity index (χ1n) is 17.8. The molecule has 0 aliphatic carbocycles. The molecule has 0 fully saturated rings. The van der Waals surface area contributed by atoms with Gasteiger partial charge in [0.05, 0.1) is 39.5 Å². The number of methoxy groups -OCH3 is 4. The van der Waals surface area contributed by atoms with E-state index in [1.54, 1.807) is 28.4 Å². The number of unbranched alkanes of at least 4 members (excludes halogenated alkanes) is 8. The molecule has 0 heterocycles. The zero-order valence-corrected chi connectivity index (χ0v) is 30.7. The predicted molar refractivity (Wildman–Crippen MR) is 182 cm³/mol. The van der Waals surface area contributed by atoms with Gasteiger partial charge in [0.25, 0.3) is 0 Å². The highest BCUT2D eigenvalue weighted by atomic mass is 16.6. The van der Waals surface area contributed by atoms with Crippen LogP contribution in [0.1, 0.15) is 90.4 Å². The molecule has 0 radical (unpaired) electrons. The molecule has 0 aromatic carbocycles. The summed E-state index contributed by atoms with van der Waals surface area (Å²) in [7, 11) is 6.32. The smallest absolute Gasteiger partial charge is 0.307 e.